The predicted octanol–water partition coefficient (Wildman–Crippen LogP) is 2.31. The normalized spacial score (nSPS) is 32.5. The molecule has 0 saturated carbocycles. The second-order valence-corrected chi connectivity index (χ2v) is 7.42. The van der Waals surface area contributed by atoms with Gasteiger partial charge in [-0.25, -0.2) is 0 Å². The van der Waals surface area contributed by atoms with Gasteiger partial charge in [0.1, 0.15) is 0 Å². The van der Waals surface area contributed by atoms with E-state index in [1.54, 1.807) is 0 Å². The minimum atomic E-state index is 0.204. The van der Waals surface area contributed by atoms with Crippen molar-refractivity contribution in [3.63, 3.8) is 0 Å². The molecular formula is C16H33N3. The van der Waals surface area contributed by atoms with Crippen molar-refractivity contribution in [2.75, 3.05) is 26.7 Å². The smallest absolute Gasteiger partial charge is 0.0304 e. The summed E-state index contributed by atoms with van der Waals surface area (Å²) < 4.78 is 0. The molecule has 3 atom stereocenters. The Balaban J connectivity index is 2.02. The first-order chi connectivity index (χ1) is 8.96. The van der Waals surface area contributed by atoms with Crippen LogP contribution in [-0.4, -0.2) is 54.1 Å². The molecule has 112 valence electrons. The Morgan fingerprint density at radius 1 is 1.21 bits per heavy atom. The lowest BCUT2D eigenvalue weighted by molar-refractivity contribution is 0.0844. The Bertz CT molecular complexity index is 292. The van der Waals surface area contributed by atoms with Crippen molar-refractivity contribution in [1.82, 2.24) is 9.80 Å². The fourth-order valence-electron chi connectivity index (χ4n) is 3.79. The van der Waals surface area contributed by atoms with Gasteiger partial charge in [0.15, 0.2) is 0 Å². The molecule has 2 aliphatic rings. The fourth-order valence-corrected chi connectivity index (χ4v) is 3.79. The number of rotatable bonds is 5. The zero-order valence-corrected chi connectivity index (χ0v) is 13.4. The van der Waals surface area contributed by atoms with Crippen LogP contribution in [-0.2, 0) is 0 Å². The van der Waals surface area contributed by atoms with E-state index in [1.165, 1.54) is 45.2 Å². The molecule has 19 heavy (non-hydrogen) atoms. The van der Waals surface area contributed by atoms with E-state index in [4.69, 9.17) is 5.73 Å². The van der Waals surface area contributed by atoms with Gasteiger partial charge in [0.05, 0.1) is 0 Å². The van der Waals surface area contributed by atoms with Crippen molar-refractivity contribution >= 4 is 0 Å². The van der Waals surface area contributed by atoms with Gasteiger partial charge in [-0.05, 0) is 52.0 Å². The maximum atomic E-state index is 6.15. The largest absolute Gasteiger partial charge is 0.329 e. The number of nitrogens with zero attached hydrogens (tertiary/aromatic N) is 2. The minimum absolute atomic E-state index is 0.204. The summed E-state index contributed by atoms with van der Waals surface area (Å²) in [7, 11) is 2.32. The predicted molar refractivity (Wildman–Crippen MR) is 82.3 cm³/mol. The lowest BCUT2D eigenvalue weighted by Crippen LogP contribution is -2.54. The van der Waals surface area contributed by atoms with E-state index in [1.807, 2.05) is 0 Å². The van der Waals surface area contributed by atoms with Gasteiger partial charge in [-0.1, -0.05) is 13.8 Å². The average molecular weight is 267 g/mol. The van der Waals surface area contributed by atoms with Crippen LogP contribution in [0, 0.1) is 5.92 Å². The van der Waals surface area contributed by atoms with Crippen LogP contribution in [0.5, 0.6) is 0 Å². The second kappa shape index (κ2) is 6.11. The van der Waals surface area contributed by atoms with E-state index in [0.717, 1.165) is 24.5 Å². The van der Waals surface area contributed by atoms with Crippen LogP contribution in [0.1, 0.15) is 52.9 Å². The van der Waals surface area contributed by atoms with Crippen molar-refractivity contribution in [3.8, 4) is 0 Å². The van der Waals surface area contributed by atoms with Gasteiger partial charge in [0.2, 0.25) is 0 Å². The number of likely N-dealkylation sites (tertiary alicyclic amines) is 1. The summed E-state index contributed by atoms with van der Waals surface area (Å²) in [5, 5.41) is 0. The van der Waals surface area contributed by atoms with Crippen LogP contribution in [0.4, 0.5) is 0 Å². The highest BCUT2D eigenvalue weighted by Crippen LogP contribution is 2.33. The maximum Gasteiger partial charge on any atom is 0.0304 e. The standard InChI is InChI=1S/C16H33N3/c1-13(2)7-9-16(3,12-17)19-10-8-14-5-6-15(11-19)18(14)4/h13-15H,5-12,17H2,1-4H3. The Morgan fingerprint density at radius 2 is 1.89 bits per heavy atom. The third-order valence-electron chi connectivity index (χ3n) is 5.61. The maximum absolute atomic E-state index is 6.15. The second-order valence-electron chi connectivity index (χ2n) is 7.42. The molecule has 2 rings (SSSR count). The molecule has 2 saturated heterocycles. The SMILES string of the molecule is CC(C)CCC(C)(CN)N1CCC2CCC(C1)N2C. The molecule has 0 amide bonds. The molecule has 0 aromatic heterocycles. The van der Waals surface area contributed by atoms with Gasteiger partial charge < -0.3 is 5.73 Å². The molecule has 0 aliphatic carbocycles. The van der Waals surface area contributed by atoms with Crippen molar-refractivity contribution < 1.29 is 0 Å². The van der Waals surface area contributed by atoms with E-state index >= 15 is 0 Å². The van der Waals surface area contributed by atoms with Crippen LogP contribution in [0.15, 0.2) is 0 Å². The molecule has 0 radical (unpaired) electrons. The first kappa shape index (κ1) is 15.3. The summed E-state index contributed by atoms with van der Waals surface area (Å²) in [5.74, 6) is 0.775. The van der Waals surface area contributed by atoms with Crippen LogP contribution in [0.25, 0.3) is 0 Å². The van der Waals surface area contributed by atoms with E-state index < -0.39 is 0 Å². The highest BCUT2D eigenvalue weighted by Gasteiger charge is 2.39. The molecule has 0 aromatic rings. The lowest BCUT2D eigenvalue weighted by Gasteiger charge is -2.42. The third kappa shape index (κ3) is 3.32. The molecule has 2 fully saturated rings. The Kier molecular flexibility index (Phi) is 4.91. The van der Waals surface area contributed by atoms with Gasteiger partial charge in [0, 0.05) is 37.3 Å². The summed E-state index contributed by atoms with van der Waals surface area (Å²) in [6.07, 6.45) is 6.63. The molecule has 2 bridgehead atoms. The van der Waals surface area contributed by atoms with Gasteiger partial charge in [0.25, 0.3) is 0 Å². The zero-order chi connectivity index (χ0) is 14.0. The number of fused-ring (bicyclic) bond motifs is 2. The number of hydrogen-bond acceptors (Lipinski definition) is 3. The van der Waals surface area contributed by atoms with Crippen LogP contribution in [0.2, 0.25) is 0 Å². The molecule has 2 N–H and O–H groups in total. The van der Waals surface area contributed by atoms with Crippen LogP contribution >= 0.6 is 0 Å². The first-order valence-electron chi connectivity index (χ1n) is 8.13. The first-order valence-corrected chi connectivity index (χ1v) is 8.13. The summed E-state index contributed by atoms with van der Waals surface area (Å²) >= 11 is 0. The Labute approximate surface area is 119 Å². The summed E-state index contributed by atoms with van der Waals surface area (Å²) in [4.78, 5) is 5.33. The van der Waals surface area contributed by atoms with Gasteiger partial charge in [-0.15, -0.1) is 0 Å². The van der Waals surface area contributed by atoms with Gasteiger partial charge >= 0.3 is 0 Å². The van der Waals surface area contributed by atoms with E-state index in [9.17, 15) is 0 Å². The monoisotopic (exact) mass is 267 g/mol. The third-order valence-corrected chi connectivity index (χ3v) is 5.61. The highest BCUT2D eigenvalue weighted by atomic mass is 15.3. The molecule has 3 nitrogen and oxygen atoms in total. The lowest BCUT2D eigenvalue weighted by atomic mass is 9.89. The quantitative estimate of drug-likeness (QED) is 0.829. The topological polar surface area (TPSA) is 32.5 Å². The Hall–Kier alpha value is -0.120. The average Bonchev–Trinajstić information content (AvgIpc) is 2.60. The molecule has 3 unspecified atom stereocenters. The Morgan fingerprint density at radius 3 is 2.53 bits per heavy atom. The number of likely N-dealkylation sites (N-methyl/N-ethyl adjacent to an activating group) is 1. The molecular weight excluding hydrogens is 234 g/mol. The molecule has 2 heterocycles. The zero-order valence-electron chi connectivity index (χ0n) is 13.4. The van der Waals surface area contributed by atoms with Gasteiger partial charge in [-0.2, -0.15) is 0 Å². The summed E-state index contributed by atoms with van der Waals surface area (Å²) in [6, 6.07) is 1.58. The highest BCUT2D eigenvalue weighted by molar-refractivity contribution is 4.97. The minimum Gasteiger partial charge on any atom is -0.329 e. The van der Waals surface area contributed by atoms with Crippen LogP contribution in [0.3, 0.4) is 0 Å². The van der Waals surface area contributed by atoms with E-state index in [0.29, 0.717) is 0 Å². The van der Waals surface area contributed by atoms with Crippen molar-refractivity contribution in [1.29, 1.82) is 0 Å². The summed E-state index contributed by atoms with van der Waals surface area (Å²) in [6.45, 7) is 10.3. The molecule has 2 aliphatic heterocycles. The molecule has 3 heteroatoms. The number of hydrogen-bond donors (Lipinski definition) is 1. The van der Waals surface area contributed by atoms with Crippen molar-refractivity contribution in [2.45, 2.75) is 70.5 Å². The number of nitrogens with two attached hydrogens (primary N) is 1. The van der Waals surface area contributed by atoms with Crippen molar-refractivity contribution in [3.05, 3.63) is 0 Å². The fraction of sp³-hybridized carbons (Fsp3) is 1.00. The molecule has 0 aromatic carbocycles. The van der Waals surface area contributed by atoms with Crippen molar-refractivity contribution in [2.24, 2.45) is 11.7 Å². The van der Waals surface area contributed by atoms with Crippen LogP contribution < -0.4 is 5.73 Å². The van der Waals surface area contributed by atoms with E-state index in [2.05, 4.69) is 37.6 Å². The summed E-state index contributed by atoms with van der Waals surface area (Å²) in [5.41, 5.74) is 6.36. The van der Waals surface area contributed by atoms with Gasteiger partial charge in [-0.3, -0.25) is 9.80 Å². The van der Waals surface area contributed by atoms with E-state index in [-0.39, 0.29) is 5.54 Å². The molecule has 0 spiro atoms.